The molecule has 0 aliphatic rings. The Morgan fingerprint density at radius 2 is 2.27 bits per heavy atom. The zero-order chi connectivity index (χ0) is 10.8. The Balaban J connectivity index is 2.52. The van der Waals surface area contributed by atoms with Gasteiger partial charge in [-0.3, -0.25) is 0 Å². The Morgan fingerprint density at radius 1 is 1.47 bits per heavy atom. The summed E-state index contributed by atoms with van der Waals surface area (Å²) in [6, 6.07) is 5.80. The molecule has 0 amide bonds. The van der Waals surface area contributed by atoms with E-state index in [1.807, 2.05) is 42.2 Å². The Labute approximate surface area is 102 Å². The minimum absolute atomic E-state index is 0.747. The molecule has 0 aliphatic carbocycles. The van der Waals surface area contributed by atoms with Gasteiger partial charge in [-0.25, -0.2) is 4.68 Å². The molecule has 0 saturated carbocycles. The van der Waals surface area contributed by atoms with Gasteiger partial charge in [0.2, 0.25) is 0 Å². The van der Waals surface area contributed by atoms with E-state index in [0.717, 1.165) is 27.2 Å². The highest BCUT2D eigenvalue weighted by atomic mass is 79.9. The standard InChI is InChI=1S/C11H10BrClN2/c1-8-6-14-15(7-8)11-3-2-10(13)4-9(11)5-12/h2-4,6-7H,5H2,1H3. The van der Waals surface area contributed by atoms with Crippen LogP contribution >= 0.6 is 27.5 Å². The summed E-state index contributed by atoms with van der Waals surface area (Å²) in [6.07, 6.45) is 3.84. The van der Waals surface area contributed by atoms with Crippen LogP contribution < -0.4 is 0 Å². The van der Waals surface area contributed by atoms with Gasteiger partial charge in [-0.05, 0) is 36.2 Å². The van der Waals surface area contributed by atoms with Crippen molar-refractivity contribution in [3.05, 3.63) is 46.7 Å². The molecule has 0 aliphatic heterocycles. The van der Waals surface area contributed by atoms with Gasteiger partial charge in [-0.1, -0.05) is 27.5 Å². The minimum Gasteiger partial charge on any atom is -0.240 e. The van der Waals surface area contributed by atoms with E-state index in [1.165, 1.54) is 0 Å². The van der Waals surface area contributed by atoms with Crippen LogP contribution in [-0.4, -0.2) is 9.78 Å². The molecule has 0 unspecified atom stereocenters. The van der Waals surface area contributed by atoms with Gasteiger partial charge < -0.3 is 0 Å². The molecule has 0 N–H and O–H groups in total. The first-order valence-corrected chi connectivity index (χ1v) is 6.06. The van der Waals surface area contributed by atoms with Crippen LogP contribution in [0.15, 0.2) is 30.6 Å². The van der Waals surface area contributed by atoms with E-state index < -0.39 is 0 Å². The molecule has 0 atom stereocenters. The van der Waals surface area contributed by atoms with Crippen molar-refractivity contribution < 1.29 is 0 Å². The number of halogens is 2. The Hall–Kier alpha value is -0.800. The van der Waals surface area contributed by atoms with Crippen LogP contribution in [0.3, 0.4) is 0 Å². The molecule has 0 fully saturated rings. The van der Waals surface area contributed by atoms with Crippen LogP contribution in [-0.2, 0) is 5.33 Å². The number of rotatable bonds is 2. The zero-order valence-corrected chi connectivity index (χ0v) is 10.6. The number of aromatic nitrogens is 2. The quantitative estimate of drug-likeness (QED) is 0.769. The topological polar surface area (TPSA) is 17.8 Å². The van der Waals surface area contributed by atoms with Crippen molar-refractivity contribution >= 4 is 27.5 Å². The number of hydrogen-bond donors (Lipinski definition) is 0. The van der Waals surface area contributed by atoms with Crippen LogP contribution in [0.5, 0.6) is 0 Å². The second kappa shape index (κ2) is 4.37. The van der Waals surface area contributed by atoms with Crippen LogP contribution in [0.1, 0.15) is 11.1 Å². The van der Waals surface area contributed by atoms with E-state index in [9.17, 15) is 0 Å². The van der Waals surface area contributed by atoms with Crippen LogP contribution in [0.25, 0.3) is 5.69 Å². The lowest BCUT2D eigenvalue weighted by atomic mass is 10.2. The van der Waals surface area contributed by atoms with Gasteiger partial charge in [0.1, 0.15) is 0 Å². The largest absolute Gasteiger partial charge is 0.240 e. The normalized spacial score (nSPS) is 10.6. The smallest absolute Gasteiger partial charge is 0.0687 e. The Morgan fingerprint density at radius 3 is 2.87 bits per heavy atom. The van der Waals surface area contributed by atoms with Crippen molar-refractivity contribution in [3.63, 3.8) is 0 Å². The lowest BCUT2D eigenvalue weighted by Gasteiger charge is -2.07. The first-order chi connectivity index (χ1) is 7.20. The fraction of sp³-hybridized carbons (Fsp3) is 0.182. The summed E-state index contributed by atoms with van der Waals surface area (Å²) in [6.45, 7) is 2.02. The molecule has 2 rings (SSSR count). The van der Waals surface area contributed by atoms with Crippen molar-refractivity contribution in [2.75, 3.05) is 0 Å². The van der Waals surface area contributed by atoms with Crippen LogP contribution in [0, 0.1) is 6.92 Å². The molecule has 2 aromatic rings. The number of aryl methyl sites for hydroxylation is 1. The summed E-state index contributed by atoms with van der Waals surface area (Å²) in [4.78, 5) is 0. The van der Waals surface area contributed by atoms with Gasteiger partial charge in [0.15, 0.2) is 0 Å². The van der Waals surface area contributed by atoms with Crippen molar-refractivity contribution in [2.24, 2.45) is 0 Å². The monoisotopic (exact) mass is 284 g/mol. The van der Waals surface area contributed by atoms with Gasteiger partial charge in [0, 0.05) is 16.5 Å². The van der Waals surface area contributed by atoms with Crippen molar-refractivity contribution in [1.82, 2.24) is 9.78 Å². The first kappa shape index (κ1) is 10.7. The fourth-order valence-electron chi connectivity index (χ4n) is 1.43. The van der Waals surface area contributed by atoms with Gasteiger partial charge in [-0.15, -0.1) is 0 Å². The maximum atomic E-state index is 5.94. The molecule has 78 valence electrons. The molecule has 1 aromatic carbocycles. The summed E-state index contributed by atoms with van der Waals surface area (Å²) >= 11 is 9.38. The second-order valence-corrected chi connectivity index (χ2v) is 4.37. The van der Waals surface area contributed by atoms with E-state index >= 15 is 0 Å². The summed E-state index contributed by atoms with van der Waals surface area (Å²) in [7, 11) is 0. The third-order valence-electron chi connectivity index (χ3n) is 2.14. The molecule has 0 radical (unpaired) electrons. The molecular formula is C11H10BrClN2. The molecule has 2 nitrogen and oxygen atoms in total. The van der Waals surface area contributed by atoms with E-state index in [4.69, 9.17) is 11.6 Å². The van der Waals surface area contributed by atoms with Gasteiger partial charge in [-0.2, -0.15) is 5.10 Å². The van der Waals surface area contributed by atoms with Crippen LogP contribution in [0.4, 0.5) is 0 Å². The summed E-state index contributed by atoms with van der Waals surface area (Å²) in [5.74, 6) is 0. The highest BCUT2D eigenvalue weighted by Gasteiger charge is 2.05. The minimum atomic E-state index is 0.747. The molecule has 15 heavy (non-hydrogen) atoms. The predicted molar refractivity (Wildman–Crippen MR) is 65.9 cm³/mol. The van der Waals surface area contributed by atoms with E-state index in [-0.39, 0.29) is 0 Å². The van der Waals surface area contributed by atoms with Gasteiger partial charge in [0.05, 0.1) is 11.9 Å². The van der Waals surface area contributed by atoms with E-state index in [0.29, 0.717) is 0 Å². The maximum absolute atomic E-state index is 5.94. The third-order valence-corrected chi connectivity index (χ3v) is 2.98. The molecular weight excluding hydrogens is 275 g/mol. The van der Waals surface area contributed by atoms with Crippen molar-refractivity contribution in [1.29, 1.82) is 0 Å². The Bertz CT molecular complexity index is 479. The maximum Gasteiger partial charge on any atom is 0.0687 e. The van der Waals surface area contributed by atoms with Gasteiger partial charge >= 0.3 is 0 Å². The molecule has 0 saturated heterocycles. The van der Waals surface area contributed by atoms with E-state index in [1.54, 1.807) is 0 Å². The molecule has 0 bridgehead atoms. The van der Waals surface area contributed by atoms with Gasteiger partial charge in [0.25, 0.3) is 0 Å². The molecule has 1 heterocycles. The predicted octanol–water partition coefficient (Wildman–Crippen LogP) is 3.73. The summed E-state index contributed by atoms with van der Waals surface area (Å²) in [5.41, 5.74) is 3.33. The van der Waals surface area contributed by atoms with Crippen molar-refractivity contribution in [3.8, 4) is 5.69 Å². The number of benzene rings is 1. The van der Waals surface area contributed by atoms with Crippen LogP contribution in [0.2, 0.25) is 5.02 Å². The zero-order valence-electron chi connectivity index (χ0n) is 8.24. The molecule has 1 aromatic heterocycles. The second-order valence-electron chi connectivity index (χ2n) is 3.37. The number of hydrogen-bond acceptors (Lipinski definition) is 1. The average molecular weight is 286 g/mol. The third kappa shape index (κ3) is 2.24. The van der Waals surface area contributed by atoms with Crippen molar-refractivity contribution in [2.45, 2.75) is 12.3 Å². The number of nitrogens with zero attached hydrogens (tertiary/aromatic N) is 2. The Kier molecular flexibility index (Phi) is 3.12. The highest BCUT2D eigenvalue weighted by Crippen LogP contribution is 2.21. The summed E-state index contributed by atoms with van der Waals surface area (Å²) in [5, 5.41) is 5.79. The lowest BCUT2D eigenvalue weighted by Crippen LogP contribution is -1.98. The molecule has 0 spiro atoms. The lowest BCUT2D eigenvalue weighted by molar-refractivity contribution is 0.871. The molecule has 4 heteroatoms. The number of alkyl halides is 1. The average Bonchev–Trinajstić information content (AvgIpc) is 2.64. The highest BCUT2D eigenvalue weighted by molar-refractivity contribution is 9.08. The van der Waals surface area contributed by atoms with E-state index in [2.05, 4.69) is 21.0 Å². The summed E-state index contributed by atoms with van der Waals surface area (Å²) < 4.78 is 1.86. The SMILES string of the molecule is Cc1cnn(-c2ccc(Cl)cc2CBr)c1. The fourth-order valence-corrected chi connectivity index (χ4v) is 2.07. The first-order valence-electron chi connectivity index (χ1n) is 4.57.